The van der Waals surface area contributed by atoms with Crippen molar-refractivity contribution in [2.75, 3.05) is 0 Å². The Morgan fingerprint density at radius 3 is 1.37 bits per heavy atom. The summed E-state index contributed by atoms with van der Waals surface area (Å²) in [6.45, 7) is 0. The van der Waals surface area contributed by atoms with E-state index < -0.39 is 0 Å². The lowest BCUT2D eigenvalue weighted by Crippen LogP contribution is -1.97. The topological polar surface area (TPSA) is 25.6 Å². The third kappa shape index (κ3) is 4.12. The van der Waals surface area contributed by atoms with E-state index in [0.717, 1.165) is 22.4 Å². The number of H-pyrrole nitrogens is 1. The first kappa shape index (κ1) is 28.0. The Hall–Kier alpha value is -6.84. The number of para-hydroxylation sites is 6. The van der Waals surface area contributed by atoms with Crippen molar-refractivity contribution in [2.24, 2.45) is 0 Å². The first-order chi connectivity index (χ1) is 25.3. The third-order valence-corrected chi connectivity index (χ3v) is 10.7. The van der Waals surface area contributed by atoms with E-state index in [-0.39, 0.29) is 0 Å². The molecule has 238 valence electrons. The van der Waals surface area contributed by atoms with E-state index >= 15 is 0 Å². The van der Waals surface area contributed by atoms with Gasteiger partial charge in [0, 0.05) is 54.8 Å². The summed E-state index contributed by atoms with van der Waals surface area (Å²) in [6.07, 6.45) is 0. The van der Waals surface area contributed by atoms with Crippen LogP contribution in [-0.4, -0.2) is 14.1 Å². The monoisotopic (exact) mass is 649 g/mol. The van der Waals surface area contributed by atoms with Crippen LogP contribution in [0.2, 0.25) is 0 Å². The number of benzene rings is 8. The highest BCUT2D eigenvalue weighted by atomic mass is 15.0. The Bertz CT molecular complexity index is 3030. The number of nitrogens with zero attached hydrogens (tertiary/aromatic N) is 2. The first-order valence-electron chi connectivity index (χ1n) is 17.5. The molecule has 1 N–H and O–H groups in total. The van der Waals surface area contributed by atoms with Crippen molar-refractivity contribution >= 4 is 65.4 Å². The highest BCUT2D eigenvalue weighted by Gasteiger charge is 2.18. The average molecular weight is 650 g/mol. The molecular weight excluding hydrogens is 619 g/mol. The molecule has 3 heterocycles. The van der Waals surface area contributed by atoms with Crippen LogP contribution in [-0.2, 0) is 0 Å². The summed E-state index contributed by atoms with van der Waals surface area (Å²) in [5, 5.41) is 7.54. The molecule has 0 aliphatic rings. The summed E-state index contributed by atoms with van der Waals surface area (Å²) in [5.41, 5.74) is 14.2. The van der Waals surface area contributed by atoms with E-state index in [1.807, 2.05) is 0 Å². The molecule has 3 aromatic heterocycles. The van der Waals surface area contributed by atoms with Gasteiger partial charge in [0.05, 0.1) is 27.6 Å². The van der Waals surface area contributed by atoms with E-state index in [9.17, 15) is 0 Å². The summed E-state index contributed by atoms with van der Waals surface area (Å²) in [6, 6.07) is 66.2. The molecule has 0 spiro atoms. The molecule has 8 aromatic carbocycles. The number of fused-ring (bicyclic) bond motifs is 9. The van der Waals surface area contributed by atoms with Gasteiger partial charge in [-0.2, -0.15) is 0 Å². The van der Waals surface area contributed by atoms with E-state index in [0.29, 0.717) is 0 Å². The highest BCUT2D eigenvalue weighted by molar-refractivity contribution is 6.14. The minimum absolute atomic E-state index is 1.14. The van der Waals surface area contributed by atoms with E-state index in [1.165, 1.54) is 76.6 Å². The number of hydrogen-bond donors (Lipinski definition) is 1. The van der Waals surface area contributed by atoms with Crippen LogP contribution in [0.1, 0.15) is 0 Å². The Kier molecular flexibility index (Phi) is 5.96. The van der Waals surface area contributed by atoms with Crippen LogP contribution >= 0.6 is 0 Å². The molecule has 0 aliphatic heterocycles. The molecule has 0 saturated heterocycles. The Morgan fingerprint density at radius 1 is 0.314 bits per heavy atom. The van der Waals surface area contributed by atoms with Crippen LogP contribution in [0.15, 0.2) is 182 Å². The third-order valence-electron chi connectivity index (χ3n) is 10.7. The molecule has 0 atom stereocenters. The molecule has 0 saturated carbocycles. The fourth-order valence-corrected chi connectivity index (χ4v) is 8.43. The first-order valence-corrected chi connectivity index (χ1v) is 17.5. The van der Waals surface area contributed by atoms with Crippen molar-refractivity contribution in [3.05, 3.63) is 182 Å². The second kappa shape index (κ2) is 10.8. The number of rotatable bonds is 4. The molecule has 0 fully saturated rings. The predicted octanol–water partition coefficient (Wildman–Crippen LogP) is 12.8. The van der Waals surface area contributed by atoms with Crippen molar-refractivity contribution in [1.82, 2.24) is 14.1 Å². The van der Waals surface area contributed by atoms with Crippen LogP contribution in [0.3, 0.4) is 0 Å². The Morgan fingerprint density at radius 2 is 0.784 bits per heavy atom. The molecule has 0 unspecified atom stereocenters. The van der Waals surface area contributed by atoms with Gasteiger partial charge < -0.3 is 14.1 Å². The SMILES string of the molecule is c1ccc2c(c1)[nH]c1c(-c3cc(-n4c5ccccc5c5ccccc54)ccc3-c3ccc(-n4c5ccccc5c5ccccc54)cc3)cccc12. The maximum absolute atomic E-state index is 3.79. The van der Waals surface area contributed by atoms with Crippen LogP contribution in [0, 0.1) is 0 Å². The molecule has 11 aromatic rings. The van der Waals surface area contributed by atoms with Gasteiger partial charge in [0.15, 0.2) is 0 Å². The zero-order chi connectivity index (χ0) is 33.5. The molecule has 0 bridgehead atoms. The van der Waals surface area contributed by atoms with E-state index in [1.54, 1.807) is 0 Å². The quantitative estimate of drug-likeness (QED) is 0.196. The highest BCUT2D eigenvalue weighted by Crippen LogP contribution is 2.41. The molecule has 0 aliphatic carbocycles. The molecule has 11 rings (SSSR count). The number of aromatic amines is 1. The number of hydrogen-bond acceptors (Lipinski definition) is 0. The van der Waals surface area contributed by atoms with Crippen molar-refractivity contribution in [1.29, 1.82) is 0 Å². The normalized spacial score (nSPS) is 11.9. The predicted molar refractivity (Wildman–Crippen MR) is 215 cm³/mol. The summed E-state index contributed by atoms with van der Waals surface area (Å²) in [5.74, 6) is 0. The van der Waals surface area contributed by atoms with Crippen molar-refractivity contribution in [3.8, 4) is 33.6 Å². The van der Waals surface area contributed by atoms with Crippen LogP contribution < -0.4 is 0 Å². The van der Waals surface area contributed by atoms with Crippen LogP contribution in [0.5, 0.6) is 0 Å². The summed E-state index contributed by atoms with van der Waals surface area (Å²) < 4.78 is 4.79. The van der Waals surface area contributed by atoms with Crippen LogP contribution in [0.25, 0.3) is 99.0 Å². The van der Waals surface area contributed by atoms with Crippen LogP contribution in [0.4, 0.5) is 0 Å². The summed E-state index contributed by atoms with van der Waals surface area (Å²) in [4.78, 5) is 3.79. The van der Waals surface area contributed by atoms with Gasteiger partial charge in [0.2, 0.25) is 0 Å². The zero-order valence-electron chi connectivity index (χ0n) is 27.7. The van der Waals surface area contributed by atoms with Crippen molar-refractivity contribution in [3.63, 3.8) is 0 Å². The van der Waals surface area contributed by atoms with Gasteiger partial charge in [-0.3, -0.25) is 0 Å². The number of nitrogens with one attached hydrogen (secondary N) is 1. The lowest BCUT2D eigenvalue weighted by Gasteiger charge is -2.16. The van der Waals surface area contributed by atoms with Gasteiger partial charge in [0.25, 0.3) is 0 Å². The smallest absolute Gasteiger partial charge is 0.0544 e. The van der Waals surface area contributed by atoms with Gasteiger partial charge >= 0.3 is 0 Å². The minimum atomic E-state index is 1.14. The van der Waals surface area contributed by atoms with Gasteiger partial charge in [-0.25, -0.2) is 0 Å². The Labute approximate surface area is 294 Å². The maximum Gasteiger partial charge on any atom is 0.0544 e. The lowest BCUT2D eigenvalue weighted by atomic mass is 9.92. The zero-order valence-corrected chi connectivity index (χ0v) is 27.7. The van der Waals surface area contributed by atoms with Gasteiger partial charge in [-0.05, 0) is 71.3 Å². The van der Waals surface area contributed by atoms with Gasteiger partial charge in [-0.15, -0.1) is 0 Å². The van der Waals surface area contributed by atoms with Gasteiger partial charge in [-0.1, -0.05) is 127 Å². The summed E-state index contributed by atoms with van der Waals surface area (Å²) >= 11 is 0. The van der Waals surface area contributed by atoms with E-state index in [2.05, 4.69) is 196 Å². The second-order valence-electron chi connectivity index (χ2n) is 13.4. The lowest BCUT2D eigenvalue weighted by molar-refractivity contribution is 1.18. The summed E-state index contributed by atoms with van der Waals surface area (Å²) in [7, 11) is 0. The Balaban J connectivity index is 1.15. The van der Waals surface area contributed by atoms with Crippen molar-refractivity contribution in [2.45, 2.75) is 0 Å². The largest absolute Gasteiger partial charge is 0.354 e. The van der Waals surface area contributed by atoms with Crippen molar-refractivity contribution < 1.29 is 0 Å². The standard InChI is InChI=1S/C48H31N3/c1-6-19-43-35(12-1)40-17-11-18-41(48(40)49-43)42-30-33(51-46-22-9-4-15-38(46)39-16-5-10-23-47(39)51)28-29-34(42)31-24-26-32(27-25-31)50-44-20-7-2-13-36(44)37-14-3-8-21-45(37)50/h1-30,49H. The van der Waals surface area contributed by atoms with E-state index in [4.69, 9.17) is 0 Å². The fraction of sp³-hybridized carbons (Fsp3) is 0. The molecule has 0 radical (unpaired) electrons. The molecule has 51 heavy (non-hydrogen) atoms. The molecular formula is C48H31N3. The molecule has 3 nitrogen and oxygen atoms in total. The number of aromatic nitrogens is 3. The second-order valence-corrected chi connectivity index (χ2v) is 13.4. The maximum atomic E-state index is 3.79. The minimum Gasteiger partial charge on any atom is -0.354 e. The van der Waals surface area contributed by atoms with Gasteiger partial charge in [0.1, 0.15) is 0 Å². The average Bonchev–Trinajstić information content (AvgIpc) is 3.86. The molecule has 3 heteroatoms. The fourth-order valence-electron chi connectivity index (χ4n) is 8.43. The molecule has 0 amide bonds.